The fraction of sp³-hybridized carbons (Fsp3) is 0.462. The molecule has 0 unspecified atom stereocenters. The molecule has 2 amide bonds. The number of piperidine rings is 1. The van der Waals surface area contributed by atoms with Crippen LogP contribution < -0.4 is 10.2 Å². The van der Waals surface area contributed by atoms with Crippen LogP contribution >= 0.6 is 0 Å². The number of carbonyl (C=O) groups is 2. The summed E-state index contributed by atoms with van der Waals surface area (Å²) in [5, 5.41) is 23.1. The van der Waals surface area contributed by atoms with Gasteiger partial charge >= 0.3 is 6.03 Å². The summed E-state index contributed by atoms with van der Waals surface area (Å²) >= 11 is 0. The fourth-order valence-electron chi connectivity index (χ4n) is 4.18. The number of aliphatic hydroxyl groups is 1. The van der Waals surface area contributed by atoms with Crippen LogP contribution in [0.15, 0.2) is 47.3 Å². The normalized spacial score (nSPS) is 18.7. The van der Waals surface area contributed by atoms with Crippen LogP contribution in [0.3, 0.4) is 0 Å². The van der Waals surface area contributed by atoms with Gasteiger partial charge in [0.2, 0.25) is 0 Å². The summed E-state index contributed by atoms with van der Waals surface area (Å²) in [6.45, 7) is 7.36. The Balaban J connectivity index is 1.86. The Morgan fingerprint density at radius 3 is 2.71 bits per heavy atom. The first-order valence-electron chi connectivity index (χ1n) is 11.8. The van der Waals surface area contributed by atoms with E-state index in [1.807, 2.05) is 32.1 Å². The molecule has 8 heteroatoms. The van der Waals surface area contributed by atoms with Crippen LogP contribution in [0, 0.1) is 11.3 Å². The number of likely N-dealkylation sites (tertiary alicyclic amines) is 1. The lowest BCUT2D eigenvalue weighted by atomic mass is 9.93. The zero-order chi connectivity index (χ0) is 24.7. The highest BCUT2D eigenvalue weighted by molar-refractivity contribution is 5.93. The van der Waals surface area contributed by atoms with Gasteiger partial charge in [0.25, 0.3) is 0 Å². The number of carbonyl (C=O) groups excluding carboxylic acids is 2. The largest absolute Gasteiger partial charge is 0.390 e. The van der Waals surface area contributed by atoms with E-state index in [1.54, 1.807) is 24.0 Å². The van der Waals surface area contributed by atoms with Crippen molar-refractivity contribution in [2.45, 2.75) is 58.5 Å². The van der Waals surface area contributed by atoms with Gasteiger partial charge in [-0.2, -0.15) is 5.26 Å². The van der Waals surface area contributed by atoms with Crippen molar-refractivity contribution in [3.05, 3.63) is 58.6 Å². The Kier molecular flexibility index (Phi) is 8.24. The molecule has 0 spiro atoms. The third-order valence-corrected chi connectivity index (χ3v) is 6.18. The maximum Gasteiger partial charge on any atom is 0.327 e. The van der Waals surface area contributed by atoms with Gasteiger partial charge in [-0.15, -0.1) is 0 Å². The second kappa shape index (κ2) is 11.1. The van der Waals surface area contributed by atoms with Gasteiger partial charge in [-0.25, -0.2) is 9.78 Å². The van der Waals surface area contributed by atoms with Gasteiger partial charge in [-0.05, 0) is 69.7 Å². The van der Waals surface area contributed by atoms with Crippen molar-refractivity contribution >= 4 is 18.1 Å². The third-order valence-electron chi connectivity index (χ3n) is 6.18. The molecular formula is C26H33N5O3. The molecule has 0 aliphatic carbocycles. The summed E-state index contributed by atoms with van der Waals surface area (Å²) in [5.41, 5.74) is 2.34. The fourth-order valence-corrected chi connectivity index (χ4v) is 4.18. The summed E-state index contributed by atoms with van der Waals surface area (Å²) < 4.78 is 0. The molecule has 0 radical (unpaired) electrons. The SMILES string of the molecule is CC/C=C/C(C#N)=C(\C=C(/C)NC(=O)N1CCCc2ccc(C=O)nc21)N1CCC(C)(O)CC1. The number of urea groups is 1. The Morgan fingerprint density at radius 2 is 2.06 bits per heavy atom. The molecule has 3 heterocycles. The second-order valence-electron chi connectivity index (χ2n) is 9.05. The van der Waals surface area contributed by atoms with Gasteiger partial charge in [0.05, 0.1) is 16.9 Å². The first-order valence-corrected chi connectivity index (χ1v) is 11.8. The molecule has 1 saturated heterocycles. The van der Waals surface area contributed by atoms with Gasteiger partial charge in [0.15, 0.2) is 6.29 Å². The van der Waals surface area contributed by atoms with E-state index in [1.165, 1.54) is 0 Å². The summed E-state index contributed by atoms with van der Waals surface area (Å²) in [7, 11) is 0. The Morgan fingerprint density at radius 1 is 1.32 bits per heavy atom. The molecule has 0 saturated carbocycles. The first-order chi connectivity index (χ1) is 16.3. The average Bonchev–Trinajstić information content (AvgIpc) is 2.83. The Bertz CT molecular complexity index is 1050. The lowest BCUT2D eigenvalue weighted by Crippen LogP contribution is -2.43. The van der Waals surface area contributed by atoms with E-state index in [0.29, 0.717) is 61.5 Å². The minimum Gasteiger partial charge on any atom is -0.390 e. The highest BCUT2D eigenvalue weighted by atomic mass is 16.3. The number of aromatic nitrogens is 1. The molecule has 1 fully saturated rings. The Labute approximate surface area is 201 Å². The van der Waals surface area contributed by atoms with E-state index < -0.39 is 5.60 Å². The monoisotopic (exact) mass is 463 g/mol. The van der Waals surface area contributed by atoms with Crippen molar-refractivity contribution in [3.63, 3.8) is 0 Å². The van der Waals surface area contributed by atoms with Gasteiger partial charge in [-0.1, -0.05) is 19.1 Å². The highest BCUT2D eigenvalue weighted by Gasteiger charge is 2.29. The van der Waals surface area contributed by atoms with Crippen LogP contribution in [0.5, 0.6) is 0 Å². The highest BCUT2D eigenvalue weighted by Crippen LogP contribution is 2.27. The predicted molar refractivity (Wildman–Crippen MR) is 131 cm³/mol. The van der Waals surface area contributed by atoms with E-state index in [4.69, 9.17) is 0 Å². The molecule has 0 atom stereocenters. The van der Waals surface area contributed by atoms with Crippen LogP contribution in [0.1, 0.15) is 62.5 Å². The van der Waals surface area contributed by atoms with Gasteiger partial charge < -0.3 is 15.3 Å². The summed E-state index contributed by atoms with van der Waals surface area (Å²) in [6, 6.07) is 5.47. The number of nitriles is 1. The van der Waals surface area contributed by atoms with Crippen LogP contribution in [0.25, 0.3) is 0 Å². The zero-order valence-electron chi connectivity index (χ0n) is 20.2. The first kappa shape index (κ1) is 25.2. The second-order valence-corrected chi connectivity index (χ2v) is 9.05. The van der Waals surface area contributed by atoms with Gasteiger partial charge in [-0.3, -0.25) is 9.69 Å². The molecular weight excluding hydrogens is 430 g/mol. The number of nitrogens with one attached hydrogen (secondary N) is 1. The molecule has 1 aromatic heterocycles. The molecule has 180 valence electrons. The van der Waals surface area contributed by atoms with E-state index in [9.17, 15) is 20.0 Å². The predicted octanol–water partition coefficient (Wildman–Crippen LogP) is 3.85. The molecule has 2 aliphatic heterocycles. The molecule has 34 heavy (non-hydrogen) atoms. The topological polar surface area (TPSA) is 110 Å². The van der Waals surface area contributed by atoms with Crippen LogP contribution in [-0.2, 0) is 6.42 Å². The number of hydrogen-bond acceptors (Lipinski definition) is 6. The molecule has 2 N–H and O–H groups in total. The van der Waals surface area contributed by atoms with Crippen molar-refractivity contribution in [2.24, 2.45) is 0 Å². The van der Waals surface area contributed by atoms with Crippen molar-refractivity contribution < 1.29 is 14.7 Å². The molecule has 3 rings (SSSR count). The van der Waals surface area contributed by atoms with Crippen molar-refractivity contribution in [2.75, 3.05) is 24.5 Å². The Hall–Kier alpha value is -3.44. The number of allylic oxidation sites excluding steroid dienone is 5. The van der Waals surface area contributed by atoms with Crippen LogP contribution in [0.4, 0.5) is 10.6 Å². The van der Waals surface area contributed by atoms with Gasteiger partial charge in [0, 0.05) is 25.3 Å². The number of anilines is 1. The molecule has 1 aromatic rings. The number of hydrogen-bond donors (Lipinski definition) is 2. The minimum absolute atomic E-state index is 0.290. The minimum atomic E-state index is -0.713. The van der Waals surface area contributed by atoms with E-state index >= 15 is 0 Å². The van der Waals surface area contributed by atoms with E-state index in [0.717, 1.165) is 30.5 Å². The van der Waals surface area contributed by atoms with Crippen LogP contribution in [-0.4, -0.2) is 52.5 Å². The van der Waals surface area contributed by atoms with Crippen molar-refractivity contribution in [1.82, 2.24) is 15.2 Å². The summed E-state index contributed by atoms with van der Waals surface area (Å²) in [5.74, 6) is 0.513. The van der Waals surface area contributed by atoms with Crippen molar-refractivity contribution in [1.29, 1.82) is 5.26 Å². The lowest BCUT2D eigenvalue weighted by Gasteiger charge is -2.38. The number of amides is 2. The average molecular weight is 464 g/mol. The zero-order valence-corrected chi connectivity index (χ0v) is 20.2. The number of aldehydes is 1. The molecule has 0 aromatic carbocycles. The maximum atomic E-state index is 13.1. The van der Waals surface area contributed by atoms with E-state index in [-0.39, 0.29) is 6.03 Å². The number of fused-ring (bicyclic) bond motifs is 1. The maximum absolute atomic E-state index is 13.1. The number of nitrogens with zero attached hydrogens (tertiary/aromatic N) is 4. The molecule has 8 nitrogen and oxygen atoms in total. The third kappa shape index (κ3) is 6.12. The standard InChI is InChI=1S/C26H33N5O3/c1-4-5-7-21(17-27)23(30-14-11-26(3,34)12-15-30)16-19(2)28-25(33)31-13-6-8-20-9-10-22(18-32)29-24(20)31/h5,7,9-10,16,18,34H,4,6,8,11-15H2,1-3H3,(H,28,33)/b7-5+,19-16+,23-21-. The smallest absolute Gasteiger partial charge is 0.327 e. The molecule has 0 bridgehead atoms. The summed E-state index contributed by atoms with van der Waals surface area (Å²) in [4.78, 5) is 32.3. The number of aryl methyl sites for hydroxylation is 1. The van der Waals surface area contributed by atoms with E-state index in [2.05, 4.69) is 21.3 Å². The number of rotatable bonds is 6. The number of pyridine rings is 1. The lowest BCUT2D eigenvalue weighted by molar-refractivity contribution is 0.00355. The molecule has 2 aliphatic rings. The van der Waals surface area contributed by atoms with Crippen molar-refractivity contribution in [3.8, 4) is 6.07 Å². The quantitative estimate of drug-likeness (QED) is 0.377. The van der Waals surface area contributed by atoms with Crippen LogP contribution in [0.2, 0.25) is 0 Å². The van der Waals surface area contributed by atoms with Gasteiger partial charge in [0.1, 0.15) is 17.6 Å². The summed E-state index contributed by atoms with van der Waals surface area (Å²) in [6.07, 6.45) is 9.85.